The van der Waals surface area contributed by atoms with Crippen LogP contribution >= 0.6 is 11.6 Å². The molecule has 2 fully saturated rings. The van der Waals surface area contributed by atoms with Crippen molar-refractivity contribution in [3.63, 3.8) is 0 Å². The molecule has 2 aromatic heterocycles. The molecule has 2 aliphatic rings. The smallest absolute Gasteiger partial charge is 0.245 e. The van der Waals surface area contributed by atoms with Gasteiger partial charge < -0.3 is 19.4 Å². The SMILES string of the molecule is C[C@H]1C(=O)NCCN1CCOc1ccc(-c2nc3c(OC4(C)CC4)ncnc3n2Cc2ccccc2)c(Cl)c1. The van der Waals surface area contributed by atoms with Crippen molar-refractivity contribution in [3.05, 3.63) is 65.4 Å². The standard InChI is InChI=1S/C29H31ClN6O3/c1-19-27(37)31-12-13-35(19)14-15-38-21-8-9-22(23(30)16-21)25-34-24-26(36(25)17-20-6-4-3-5-7-20)32-18-33-28(24)39-29(2)10-11-29/h3-9,16,18-19H,10-15,17H2,1-2H3,(H,31,37)/t19-/m0/s1. The number of amides is 1. The van der Waals surface area contributed by atoms with Crippen molar-refractivity contribution < 1.29 is 14.3 Å². The van der Waals surface area contributed by atoms with Gasteiger partial charge in [-0.25, -0.2) is 9.97 Å². The largest absolute Gasteiger partial charge is 0.492 e. The van der Waals surface area contributed by atoms with Gasteiger partial charge in [-0.15, -0.1) is 0 Å². The van der Waals surface area contributed by atoms with Crippen LogP contribution in [0.4, 0.5) is 0 Å². The van der Waals surface area contributed by atoms with Crippen LogP contribution in [0.2, 0.25) is 5.02 Å². The minimum Gasteiger partial charge on any atom is -0.492 e. The number of nitrogens with one attached hydrogen (secondary N) is 1. The predicted molar refractivity (Wildman–Crippen MR) is 149 cm³/mol. The molecular formula is C29H31ClN6O3. The number of halogens is 1. The molecule has 6 rings (SSSR count). The molecule has 4 aromatic rings. The second-order valence-electron chi connectivity index (χ2n) is 10.4. The van der Waals surface area contributed by atoms with E-state index in [4.69, 9.17) is 26.1 Å². The van der Waals surface area contributed by atoms with Crippen LogP contribution in [-0.2, 0) is 11.3 Å². The quantitative estimate of drug-likeness (QED) is 0.334. The molecule has 1 aliphatic carbocycles. The second kappa shape index (κ2) is 10.5. The fourth-order valence-corrected chi connectivity index (χ4v) is 5.06. The van der Waals surface area contributed by atoms with Gasteiger partial charge in [0.1, 0.15) is 30.1 Å². The molecule has 1 aliphatic heterocycles. The Bertz CT molecular complexity index is 1500. The minimum atomic E-state index is -0.197. The third kappa shape index (κ3) is 5.42. The lowest BCUT2D eigenvalue weighted by Crippen LogP contribution is -2.54. The Balaban J connectivity index is 1.29. The van der Waals surface area contributed by atoms with E-state index in [1.807, 2.05) is 43.3 Å². The molecule has 10 heteroatoms. The highest BCUT2D eigenvalue weighted by Gasteiger charge is 2.41. The first kappa shape index (κ1) is 25.6. The van der Waals surface area contributed by atoms with Gasteiger partial charge in [-0.1, -0.05) is 41.9 Å². The average molecular weight is 547 g/mol. The Kier molecular flexibility index (Phi) is 6.86. The number of ether oxygens (including phenoxy) is 2. The lowest BCUT2D eigenvalue weighted by molar-refractivity contribution is -0.128. The molecule has 0 spiro atoms. The molecule has 1 atom stereocenters. The van der Waals surface area contributed by atoms with E-state index in [9.17, 15) is 4.79 Å². The maximum atomic E-state index is 11.9. The van der Waals surface area contributed by atoms with E-state index in [0.717, 1.165) is 30.5 Å². The number of imidazole rings is 1. The molecule has 1 amide bonds. The number of nitrogens with zero attached hydrogens (tertiary/aromatic N) is 5. The summed E-state index contributed by atoms with van der Waals surface area (Å²) in [5.74, 6) is 1.89. The van der Waals surface area contributed by atoms with Gasteiger partial charge in [0.25, 0.3) is 0 Å². The lowest BCUT2D eigenvalue weighted by atomic mass is 10.2. The number of piperazine rings is 1. The Morgan fingerprint density at radius 3 is 2.74 bits per heavy atom. The minimum absolute atomic E-state index is 0.0523. The van der Waals surface area contributed by atoms with Crippen LogP contribution in [0, 0.1) is 0 Å². The molecule has 1 saturated carbocycles. The summed E-state index contributed by atoms with van der Waals surface area (Å²) in [4.78, 5) is 28.0. The highest BCUT2D eigenvalue weighted by atomic mass is 35.5. The summed E-state index contributed by atoms with van der Waals surface area (Å²) in [5.41, 5.74) is 3.00. The number of hydrogen-bond donors (Lipinski definition) is 1. The monoisotopic (exact) mass is 546 g/mol. The molecule has 9 nitrogen and oxygen atoms in total. The second-order valence-corrected chi connectivity index (χ2v) is 10.8. The zero-order valence-electron chi connectivity index (χ0n) is 22.1. The third-order valence-electron chi connectivity index (χ3n) is 7.43. The van der Waals surface area contributed by atoms with Crippen molar-refractivity contribution in [1.82, 2.24) is 29.7 Å². The normalized spacial score (nSPS) is 18.6. The van der Waals surface area contributed by atoms with Gasteiger partial charge >= 0.3 is 0 Å². The number of fused-ring (bicyclic) bond motifs is 1. The van der Waals surface area contributed by atoms with Crippen LogP contribution in [0.1, 0.15) is 32.3 Å². The van der Waals surface area contributed by atoms with Gasteiger partial charge in [-0.05, 0) is 50.5 Å². The molecule has 39 heavy (non-hydrogen) atoms. The maximum Gasteiger partial charge on any atom is 0.245 e. The highest BCUT2D eigenvalue weighted by molar-refractivity contribution is 6.33. The number of carbonyl (C=O) groups excluding carboxylic acids is 1. The van der Waals surface area contributed by atoms with E-state index >= 15 is 0 Å². The summed E-state index contributed by atoms with van der Waals surface area (Å²) in [5, 5.41) is 3.40. The van der Waals surface area contributed by atoms with E-state index in [0.29, 0.717) is 59.9 Å². The molecule has 1 N–H and O–H groups in total. The van der Waals surface area contributed by atoms with E-state index in [1.54, 1.807) is 0 Å². The van der Waals surface area contributed by atoms with Crippen molar-refractivity contribution in [2.45, 2.75) is 44.9 Å². The Morgan fingerprint density at radius 2 is 1.97 bits per heavy atom. The third-order valence-corrected chi connectivity index (χ3v) is 7.75. The first-order chi connectivity index (χ1) is 18.9. The van der Waals surface area contributed by atoms with Gasteiger partial charge in [0, 0.05) is 25.2 Å². The lowest BCUT2D eigenvalue weighted by Gasteiger charge is -2.32. The van der Waals surface area contributed by atoms with Crippen molar-refractivity contribution in [3.8, 4) is 23.0 Å². The summed E-state index contributed by atoms with van der Waals surface area (Å²) in [6.07, 6.45) is 3.52. The van der Waals surface area contributed by atoms with Crippen LogP contribution in [0.25, 0.3) is 22.6 Å². The van der Waals surface area contributed by atoms with Gasteiger partial charge in [-0.3, -0.25) is 9.69 Å². The van der Waals surface area contributed by atoms with Crippen molar-refractivity contribution >= 4 is 28.7 Å². The fourth-order valence-electron chi connectivity index (χ4n) is 4.81. The van der Waals surface area contributed by atoms with Crippen LogP contribution in [0.15, 0.2) is 54.9 Å². The molecule has 0 unspecified atom stereocenters. The van der Waals surface area contributed by atoms with E-state index < -0.39 is 0 Å². The maximum absolute atomic E-state index is 11.9. The average Bonchev–Trinajstić information content (AvgIpc) is 3.55. The number of aromatic nitrogens is 4. The van der Waals surface area contributed by atoms with E-state index in [2.05, 4.69) is 43.8 Å². The summed E-state index contributed by atoms with van der Waals surface area (Å²) in [6.45, 7) is 7.13. The molecular weight excluding hydrogens is 516 g/mol. The summed E-state index contributed by atoms with van der Waals surface area (Å²) < 4.78 is 14.3. The molecule has 0 bridgehead atoms. The topological polar surface area (TPSA) is 94.4 Å². The van der Waals surface area contributed by atoms with Crippen LogP contribution < -0.4 is 14.8 Å². The molecule has 202 valence electrons. The highest BCUT2D eigenvalue weighted by Crippen LogP contribution is 2.41. The summed E-state index contributed by atoms with van der Waals surface area (Å²) in [7, 11) is 0. The zero-order chi connectivity index (χ0) is 27.0. The summed E-state index contributed by atoms with van der Waals surface area (Å²) >= 11 is 6.83. The fraction of sp³-hybridized carbons (Fsp3) is 0.379. The van der Waals surface area contributed by atoms with Gasteiger partial charge in [0.15, 0.2) is 11.2 Å². The molecule has 1 saturated heterocycles. The number of hydrogen-bond acceptors (Lipinski definition) is 7. The first-order valence-corrected chi connectivity index (χ1v) is 13.7. The van der Waals surface area contributed by atoms with Crippen LogP contribution in [-0.4, -0.2) is 68.2 Å². The van der Waals surface area contributed by atoms with Crippen molar-refractivity contribution in [2.75, 3.05) is 26.2 Å². The van der Waals surface area contributed by atoms with Crippen molar-refractivity contribution in [1.29, 1.82) is 0 Å². The van der Waals surface area contributed by atoms with E-state index in [-0.39, 0.29) is 17.6 Å². The van der Waals surface area contributed by atoms with Crippen molar-refractivity contribution in [2.24, 2.45) is 0 Å². The molecule has 0 radical (unpaired) electrons. The summed E-state index contributed by atoms with van der Waals surface area (Å²) in [6, 6.07) is 15.6. The van der Waals surface area contributed by atoms with Crippen LogP contribution in [0.5, 0.6) is 11.6 Å². The number of rotatable bonds is 9. The van der Waals surface area contributed by atoms with Gasteiger partial charge in [-0.2, -0.15) is 4.98 Å². The molecule has 2 aromatic carbocycles. The number of benzene rings is 2. The van der Waals surface area contributed by atoms with Gasteiger partial charge in [0.2, 0.25) is 11.8 Å². The first-order valence-electron chi connectivity index (χ1n) is 13.3. The van der Waals surface area contributed by atoms with Crippen LogP contribution in [0.3, 0.4) is 0 Å². The predicted octanol–water partition coefficient (Wildman–Crippen LogP) is 4.33. The Morgan fingerprint density at radius 1 is 1.15 bits per heavy atom. The van der Waals surface area contributed by atoms with Gasteiger partial charge in [0.05, 0.1) is 17.6 Å². The Labute approximate surface area is 232 Å². The van der Waals surface area contributed by atoms with E-state index in [1.165, 1.54) is 6.33 Å². The number of carbonyl (C=O) groups is 1. The molecule has 3 heterocycles. The zero-order valence-corrected chi connectivity index (χ0v) is 22.8. The Hall–Kier alpha value is -3.69.